The summed E-state index contributed by atoms with van der Waals surface area (Å²) >= 11 is 1.45. The van der Waals surface area contributed by atoms with E-state index < -0.39 is 10.0 Å². The van der Waals surface area contributed by atoms with Crippen LogP contribution in [-0.4, -0.2) is 52.2 Å². The lowest BCUT2D eigenvalue weighted by molar-refractivity contribution is -0.116. The van der Waals surface area contributed by atoms with Gasteiger partial charge in [0.2, 0.25) is 21.9 Å². The molecule has 1 saturated heterocycles. The van der Waals surface area contributed by atoms with Crippen LogP contribution in [0.3, 0.4) is 0 Å². The Hall–Kier alpha value is -2.11. The smallest absolute Gasteiger partial charge is 0.244 e. The normalized spacial score (nSPS) is 15.1. The molecule has 0 spiro atoms. The van der Waals surface area contributed by atoms with Crippen LogP contribution in [0.15, 0.2) is 34.3 Å². The Morgan fingerprint density at radius 3 is 2.52 bits per heavy atom. The Kier molecular flexibility index (Phi) is 6.02. The molecule has 1 aliphatic heterocycles. The maximum atomic E-state index is 12.5. The molecule has 1 amide bonds. The molecule has 1 aromatic heterocycles. The first-order valence-corrected chi connectivity index (χ1v) is 11.1. The van der Waals surface area contributed by atoms with E-state index in [1.54, 1.807) is 12.1 Å². The van der Waals surface area contributed by atoms with Crippen LogP contribution in [-0.2, 0) is 21.4 Å². The number of amides is 1. The van der Waals surface area contributed by atoms with Crippen molar-refractivity contribution in [2.75, 3.05) is 29.9 Å². The SMILES string of the molecule is CCSc1nnc(N)n1CC(=O)Nc1ccc(S(=O)(=O)N2CCCC2)cc1. The maximum absolute atomic E-state index is 12.5. The highest BCUT2D eigenvalue weighted by atomic mass is 32.2. The van der Waals surface area contributed by atoms with Crippen molar-refractivity contribution in [3.05, 3.63) is 24.3 Å². The Morgan fingerprint density at radius 1 is 1.22 bits per heavy atom. The van der Waals surface area contributed by atoms with Gasteiger partial charge in [-0.1, -0.05) is 18.7 Å². The van der Waals surface area contributed by atoms with Crippen molar-refractivity contribution in [1.82, 2.24) is 19.1 Å². The number of rotatable bonds is 7. The lowest BCUT2D eigenvalue weighted by Gasteiger charge is -2.15. The molecule has 2 aromatic rings. The first-order chi connectivity index (χ1) is 12.9. The number of hydrogen-bond acceptors (Lipinski definition) is 7. The Balaban J connectivity index is 1.66. The fourth-order valence-corrected chi connectivity index (χ4v) is 5.00. The van der Waals surface area contributed by atoms with Crippen molar-refractivity contribution in [3.8, 4) is 0 Å². The van der Waals surface area contributed by atoms with Crippen LogP contribution in [0, 0.1) is 0 Å². The number of hydrogen-bond donors (Lipinski definition) is 2. The van der Waals surface area contributed by atoms with Gasteiger partial charge < -0.3 is 11.1 Å². The van der Waals surface area contributed by atoms with Gasteiger partial charge in [-0.25, -0.2) is 8.42 Å². The van der Waals surface area contributed by atoms with E-state index in [4.69, 9.17) is 5.73 Å². The van der Waals surface area contributed by atoms with Crippen LogP contribution in [0.1, 0.15) is 19.8 Å². The number of nitrogen functional groups attached to an aromatic ring is 1. The van der Waals surface area contributed by atoms with E-state index in [-0.39, 0.29) is 23.3 Å². The fraction of sp³-hybridized carbons (Fsp3) is 0.438. The van der Waals surface area contributed by atoms with Gasteiger partial charge in [0, 0.05) is 18.8 Å². The van der Waals surface area contributed by atoms with Gasteiger partial charge in [-0.2, -0.15) is 4.31 Å². The monoisotopic (exact) mass is 410 g/mol. The first-order valence-electron chi connectivity index (χ1n) is 8.63. The van der Waals surface area contributed by atoms with E-state index in [2.05, 4.69) is 15.5 Å². The van der Waals surface area contributed by atoms with Crippen molar-refractivity contribution < 1.29 is 13.2 Å². The number of nitrogens with one attached hydrogen (secondary N) is 1. The molecule has 146 valence electrons. The summed E-state index contributed by atoms with van der Waals surface area (Å²) in [6.45, 7) is 3.06. The Morgan fingerprint density at radius 2 is 1.89 bits per heavy atom. The van der Waals surface area contributed by atoms with E-state index in [0.29, 0.717) is 23.9 Å². The predicted molar refractivity (Wildman–Crippen MR) is 104 cm³/mol. The summed E-state index contributed by atoms with van der Waals surface area (Å²) in [5.41, 5.74) is 6.28. The second kappa shape index (κ2) is 8.28. The molecule has 1 aliphatic rings. The molecule has 0 atom stereocenters. The molecular weight excluding hydrogens is 388 g/mol. The van der Waals surface area contributed by atoms with Gasteiger partial charge in [-0.3, -0.25) is 9.36 Å². The summed E-state index contributed by atoms with van der Waals surface area (Å²) in [5.74, 6) is 0.662. The van der Waals surface area contributed by atoms with Gasteiger partial charge in [0.1, 0.15) is 6.54 Å². The average Bonchev–Trinajstić information content (AvgIpc) is 3.29. The minimum Gasteiger partial charge on any atom is -0.368 e. The minimum atomic E-state index is -3.46. The zero-order valence-electron chi connectivity index (χ0n) is 15.0. The Labute approximate surface area is 162 Å². The van der Waals surface area contributed by atoms with Gasteiger partial charge in [-0.15, -0.1) is 10.2 Å². The first kappa shape index (κ1) is 19.6. The lowest BCUT2D eigenvalue weighted by atomic mass is 10.3. The molecule has 0 unspecified atom stereocenters. The number of carbonyl (C=O) groups excluding carboxylic acids is 1. The van der Waals surface area contributed by atoms with E-state index in [1.807, 2.05) is 6.92 Å². The number of thioether (sulfide) groups is 1. The molecule has 0 radical (unpaired) electrons. The summed E-state index contributed by atoms with van der Waals surface area (Å²) in [4.78, 5) is 12.5. The van der Waals surface area contributed by atoms with Crippen LogP contribution in [0.2, 0.25) is 0 Å². The molecule has 11 heteroatoms. The summed E-state index contributed by atoms with van der Waals surface area (Å²) in [5, 5.41) is 11.0. The van der Waals surface area contributed by atoms with Crippen molar-refractivity contribution in [2.45, 2.75) is 36.4 Å². The summed E-state index contributed by atoms with van der Waals surface area (Å²) < 4.78 is 28.1. The summed E-state index contributed by atoms with van der Waals surface area (Å²) in [6, 6.07) is 6.18. The van der Waals surface area contributed by atoms with Crippen LogP contribution in [0.25, 0.3) is 0 Å². The Bertz CT molecular complexity index is 905. The number of aromatic nitrogens is 3. The van der Waals surface area contributed by atoms with Gasteiger partial charge in [0.05, 0.1) is 4.90 Å². The minimum absolute atomic E-state index is 0.0189. The standard InChI is InChI=1S/C16H22N6O3S2/c1-2-26-16-20-19-15(17)22(16)11-14(23)18-12-5-7-13(8-6-12)27(24,25)21-9-3-4-10-21/h5-8H,2-4,9-11H2,1H3,(H2,17,19)(H,18,23). The van der Waals surface area contributed by atoms with Crippen LogP contribution < -0.4 is 11.1 Å². The highest BCUT2D eigenvalue weighted by Gasteiger charge is 2.27. The molecule has 3 N–H and O–H groups in total. The van der Waals surface area contributed by atoms with Gasteiger partial charge in [0.15, 0.2) is 5.16 Å². The number of sulfonamides is 1. The van der Waals surface area contributed by atoms with Gasteiger partial charge in [0.25, 0.3) is 0 Å². The predicted octanol–water partition coefficient (Wildman–Crippen LogP) is 1.40. The third-order valence-corrected chi connectivity index (χ3v) is 6.92. The molecular formula is C16H22N6O3S2. The maximum Gasteiger partial charge on any atom is 0.244 e. The quantitative estimate of drug-likeness (QED) is 0.661. The summed E-state index contributed by atoms with van der Waals surface area (Å²) in [7, 11) is -3.46. The summed E-state index contributed by atoms with van der Waals surface area (Å²) in [6.07, 6.45) is 1.77. The van der Waals surface area contributed by atoms with E-state index >= 15 is 0 Å². The zero-order valence-corrected chi connectivity index (χ0v) is 16.6. The number of nitrogens with two attached hydrogens (primary N) is 1. The second-order valence-electron chi connectivity index (χ2n) is 6.04. The van der Waals surface area contributed by atoms with Crippen molar-refractivity contribution >= 4 is 39.3 Å². The zero-order chi connectivity index (χ0) is 19.4. The highest BCUT2D eigenvalue weighted by Crippen LogP contribution is 2.22. The second-order valence-corrected chi connectivity index (χ2v) is 9.21. The van der Waals surface area contributed by atoms with Gasteiger partial charge in [-0.05, 0) is 42.9 Å². The number of benzene rings is 1. The lowest BCUT2D eigenvalue weighted by Crippen LogP contribution is -2.27. The molecule has 27 heavy (non-hydrogen) atoms. The third-order valence-electron chi connectivity index (χ3n) is 4.16. The molecule has 1 aromatic carbocycles. The molecule has 9 nitrogen and oxygen atoms in total. The molecule has 0 saturated carbocycles. The third kappa shape index (κ3) is 4.42. The van der Waals surface area contributed by atoms with Crippen LogP contribution >= 0.6 is 11.8 Å². The van der Waals surface area contributed by atoms with E-state index in [1.165, 1.54) is 32.8 Å². The van der Waals surface area contributed by atoms with E-state index in [0.717, 1.165) is 18.6 Å². The largest absolute Gasteiger partial charge is 0.368 e. The highest BCUT2D eigenvalue weighted by molar-refractivity contribution is 7.99. The molecule has 0 aliphatic carbocycles. The molecule has 0 bridgehead atoms. The topological polar surface area (TPSA) is 123 Å². The van der Waals surface area contributed by atoms with Crippen molar-refractivity contribution in [2.24, 2.45) is 0 Å². The van der Waals surface area contributed by atoms with E-state index in [9.17, 15) is 13.2 Å². The molecule has 3 rings (SSSR count). The number of anilines is 2. The van der Waals surface area contributed by atoms with Crippen LogP contribution in [0.5, 0.6) is 0 Å². The average molecular weight is 411 g/mol. The van der Waals surface area contributed by atoms with Crippen molar-refractivity contribution in [3.63, 3.8) is 0 Å². The number of carbonyl (C=O) groups is 1. The molecule has 2 heterocycles. The van der Waals surface area contributed by atoms with Gasteiger partial charge >= 0.3 is 0 Å². The number of nitrogens with zero attached hydrogens (tertiary/aromatic N) is 4. The molecule has 1 fully saturated rings. The van der Waals surface area contributed by atoms with Crippen LogP contribution in [0.4, 0.5) is 11.6 Å². The fourth-order valence-electron chi connectivity index (χ4n) is 2.82. The van der Waals surface area contributed by atoms with Crippen molar-refractivity contribution in [1.29, 1.82) is 0 Å².